The first-order valence-electron chi connectivity index (χ1n) is 6.67. The molecule has 19 heavy (non-hydrogen) atoms. The standard InChI is InChI=1S/C14H19NO3S/c1-2-18-14(17)6-5-13(16)15(12-3-4-12)9-11-7-8-19-10-11/h7-8,10,12H,2-6,9H2,1H3. The molecule has 1 aromatic heterocycles. The van der Waals surface area contributed by atoms with E-state index in [1.165, 1.54) is 5.56 Å². The summed E-state index contributed by atoms with van der Waals surface area (Å²) in [6, 6.07) is 2.41. The van der Waals surface area contributed by atoms with Crippen molar-refractivity contribution in [3.8, 4) is 0 Å². The molecule has 104 valence electrons. The minimum Gasteiger partial charge on any atom is -0.466 e. The highest BCUT2D eigenvalue weighted by atomic mass is 32.1. The second-order valence-electron chi connectivity index (χ2n) is 4.69. The summed E-state index contributed by atoms with van der Waals surface area (Å²) in [5, 5.41) is 4.08. The molecule has 1 amide bonds. The van der Waals surface area contributed by atoms with Crippen LogP contribution in [0.5, 0.6) is 0 Å². The van der Waals surface area contributed by atoms with Crippen molar-refractivity contribution in [2.75, 3.05) is 6.61 Å². The Balaban J connectivity index is 1.84. The second kappa shape index (κ2) is 6.70. The zero-order valence-electron chi connectivity index (χ0n) is 11.1. The molecule has 2 rings (SSSR count). The van der Waals surface area contributed by atoms with Crippen molar-refractivity contribution in [2.45, 2.75) is 45.2 Å². The lowest BCUT2D eigenvalue weighted by molar-refractivity contribution is -0.146. The number of carbonyl (C=O) groups is 2. The minimum atomic E-state index is -0.290. The highest BCUT2D eigenvalue weighted by Crippen LogP contribution is 2.29. The Bertz CT molecular complexity index is 426. The number of carbonyl (C=O) groups excluding carboxylic acids is 2. The molecule has 0 saturated heterocycles. The molecule has 1 aromatic rings. The van der Waals surface area contributed by atoms with Crippen LogP contribution in [0.15, 0.2) is 16.8 Å². The van der Waals surface area contributed by atoms with Crippen molar-refractivity contribution >= 4 is 23.2 Å². The van der Waals surface area contributed by atoms with Crippen molar-refractivity contribution in [3.63, 3.8) is 0 Å². The predicted molar refractivity (Wildman–Crippen MR) is 73.8 cm³/mol. The molecular weight excluding hydrogens is 262 g/mol. The Labute approximate surface area is 117 Å². The summed E-state index contributed by atoms with van der Waals surface area (Å²) in [6.45, 7) is 2.80. The number of rotatable bonds is 7. The largest absolute Gasteiger partial charge is 0.466 e. The quantitative estimate of drug-likeness (QED) is 0.722. The minimum absolute atomic E-state index is 0.0572. The summed E-state index contributed by atoms with van der Waals surface area (Å²) < 4.78 is 4.85. The fraction of sp³-hybridized carbons (Fsp3) is 0.571. The van der Waals surface area contributed by atoms with Gasteiger partial charge in [0.15, 0.2) is 0 Å². The van der Waals surface area contributed by atoms with Gasteiger partial charge in [0.1, 0.15) is 0 Å². The van der Waals surface area contributed by atoms with E-state index in [9.17, 15) is 9.59 Å². The van der Waals surface area contributed by atoms with E-state index in [1.54, 1.807) is 18.3 Å². The van der Waals surface area contributed by atoms with Gasteiger partial charge in [0, 0.05) is 19.0 Å². The van der Waals surface area contributed by atoms with Gasteiger partial charge < -0.3 is 9.64 Å². The highest BCUT2D eigenvalue weighted by molar-refractivity contribution is 7.07. The van der Waals surface area contributed by atoms with E-state index in [4.69, 9.17) is 4.74 Å². The molecule has 1 aliphatic carbocycles. The van der Waals surface area contributed by atoms with Crippen molar-refractivity contribution in [1.29, 1.82) is 0 Å². The Kier molecular flexibility index (Phi) is 4.96. The lowest BCUT2D eigenvalue weighted by Crippen LogP contribution is -2.32. The van der Waals surface area contributed by atoms with E-state index in [0.29, 0.717) is 19.2 Å². The Morgan fingerprint density at radius 2 is 2.21 bits per heavy atom. The second-order valence-corrected chi connectivity index (χ2v) is 5.47. The van der Waals surface area contributed by atoms with Crippen LogP contribution in [0, 0.1) is 0 Å². The fourth-order valence-electron chi connectivity index (χ4n) is 1.97. The molecule has 0 bridgehead atoms. The van der Waals surface area contributed by atoms with Gasteiger partial charge >= 0.3 is 5.97 Å². The van der Waals surface area contributed by atoms with Crippen LogP contribution in [0.1, 0.15) is 38.2 Å². The molecule has 0 N–H and O–H groups in total. The average Bonchev–Trinajstić information content (AvgIpc) is 3.10. The van der Waals surface area contributed by atoms with Crippen LogP contribution >= 0.6 is 11.3 Å². The van der Waals surface area contributed by atoms with Crippen molar-refractivity contribution in [2.24, 2.45) is 0 Å². The maximum atomic E-state index is 12.2. The third-order valence-electron chi connectivity index (χ3n) is 3.09. The molecule has 0 spiro atoms. The van der Waals surface area contributed by atoms with Gasteiger partial charge in [-0.2, -0.15) is 11.3 Å². The highest BCUT2D eigenvalue weighted by Gasteiger charge is 2.32. The first-order chi connectivity index (χ1) is 9.20. The summed E-state index contributed by atoms with van der Waals surface area (Å²) >= 11 is 1.64. The van der Waals surface area contributed by atoms with E-state index in [2.05, 4.69) is 5.38 Å². The molecule has 1 heterocycles. The smallest absolute Gasteiger partial charge is 0.306 e. The first-order valence-corrected chi connectivity index (χ1v) is 7.61. The average molecular weight is 281 g/mol. The lowest BCUT2D eigenvalue weighted by Gasteiger charge is -2.21. The SMILES string of the molecule is CCOC(=O)CCC(=O)N(Cc1ccsc1)C1CC1. The van der Waals surface area contributed by atoms with Crippen LogP contribution in [0.2, 0.25) is 0 Å². The summed E-state index contributed by atoms with van der Waals surface area (Å²) in [5.74, 6) is -0.233. The molecule has 0 aromatic carbocycles. The fourth-order valence-corrected chi connectivity index (χ4v) is 2.63. The van der Waals surface area contributed by atoms with Crippen molar-refractivity contribution < 1.29 is 14.3 Å². The van der Waals surface area contributed by atoms with Crippen LogP contribution in [-0.2, 0) is 20.9 Å². The van der Waals surface area contributed by atoms with E-state index < -0.39 is 0 Å². The molecule has 1 saturated carbocycles. The van der Waals surface area contributed by atoms with Gasteiger partial charge in [-0.05, 0) is 42.2 Å². The summed E-state index contributed by atoms with van der Waals surface area (Å²) in [4.78, 5) is 25.4. The Hall–Kier alpha value is -1.36. The molecule has 0 atom stereocenters. The maximum absolute atomic E-state index is 12.2. The molecule has 1 aliphatic rings. The van der Waals surface area contributed by atoms with E-state index in [0.717, 1.165) is 12.8 Å². The van der Waals surface area contributed by atoms with Gasteiger partial charge in [-0.3, -0.25) is 9.59 Å². The molecule has 0 aliphatic heterocycles. The number of hydrogen-bond acceptors (Lipinski definition) is 4. The zero-order chi connectivity index (χ0) is 13.7. The first kappa shape index (κ1) is 14.1. The monoisotopic (exact) mass is 281 g/mol. The maximum Gasteiger partial charge on any atom is 0.306 e. The topological polar surface area (TPSA) is 46.6 Å². The van der Waals surface area contributed by atoms with Crippen molar-refractivity contribution in [3.05, 3.63) is 22.4 Å². The summed E-state index contributed by atoms with van der Waals surface area (Å²) in [7, 11) is 0. The number of amides is 1. The molecule has 0 unspecified atom stereocenters. The van der Waals surface area contributed by atoms with Crippen LogP contribution in [0.3, 0.4) is 0 Å². The zero-order valence-corrected chi connectivity index (χ0v) is 11.9. The van der Waals surface area contributed by atoms with Gasteiger partial charge in [0.25, 0.3) is 0 Å². The Morgan fingerprint density at radius 1 is 1.42 bits per heavy atom. The molecule has 0 radical (unpaired) electrons. The normalized spacial score (nSPS) is 14.2. The van der Waals surface area contributed by atoms with Gasteiger partial charge in [-0.15, -0.1) is 0 Å². The molecule has 4 nitrogen and oxygen atoms in total. The van der Waals surface area contributed by atoms with E-state index in [1.807, 2.05) is 16.3 Å². The number of hydrogen-bond donors (Lipinski definition) is 0. The van der Waals surface area contributed by atoms with Gasteiger partial charge in [-0.25, -0.2) is 0 Å². The third kappa shape index (κ3) is 4.35. The van der Waals surface area contributed by atoms with E-state index >= 15 is 0 Å². The van der Waals surface area contributed by atoms with Gasteiger partial charge in [0.2, 0.25) is 5.91 Å². The number of ether oxygens (including phenoxy) is 1. The van der Waals surface area contributed by atoms with Crippen LogP contribution in [-0.4, -0.2) is 29.4 Å². The summed E-state index contributed by atoms with van der Waals surface area (Å²) in [6.07, 6.45) is 2.59. The predicted octanol–water partition coefficient (Wildman–Crippen LogP) is 2.58. The molecule has 5 heteroatoms. The number of esters is 1. The Morgan fingerprint density at radius 3 is 2.79 bits per heavy atom. The van der Waals surface area contributed by atoms with Crippen LogP contribution in [0.25, 0.3) is 0 Å². The van der Waals surface area contributed by atoms with Crippen molar-refractivity contribution in [1.82, 2.24) is 4.90 Å². The van der Waals surface area contributed by atoms with Crippen LogP contribution < -0.4 is 0 Å². The third-order valence-corrected chi connectivity index (χ3v) is 3.82. The molecular formula is C14H19NO3S. The number of nitrogens with zero attached hydrogens (tertiary/aromatic N) is 1. The van der Waals surface area contributed by atoms with Gasteiger partial charge in [-0.1, -0.05) is 0 Å². The van der Waals surface area contributed by atoms with Gasteiger partial charge in [0.05, 0.1) is 13.0 Å². The summed E-state index contributed by atoms with van der Waals surface area (Å²) in [5.41, 5.74) is 1.17. The number of thiophene rings is 1. The molecule has 1 fully saturated rings. The van der Waals surface area contributed by atoms with Crippen LogP contribution in [0.4, 0.5) is 0 Å². The van der Waals surface area contributed by atoms with E-state index in [-0.39, 0.29) is 24.7 Å². The lowest BCUT2D eigenvalue weighted by atomic mass is 10.2.